The number of carbonyl (C=O) groups excluding carboxylic acids is 1. The number of rotatable bonds is 5. The number of aryl methyl sites for hydroxylation is 1. The van der Waals surface area contributed by atoms with Crippen molar-refractivity contribution in [2.75, 3.05) is 11.9 Å². The molecule has 0 spiro atoms. The van der Waals surface area contributed by atoms with Crippen LogP contribution in [0.4, 0.5) is 5.69 Å². The zero-order valence-corrected chi connectivity index (χ0v) is 16.5. The number of ether oxygens (including phenoxy) is 1. The Kier molecular flexibility index (Phi) is 9.27. The first-order valence-corrected chi connectivity index (χ1v) is 8.72. The molecule has 0 atom stereocenters. The van der Waals surface area contributed by atoms with Crippen LogP contribution < -0.4 is 10.1 Å². The van der Waals surface area contributed by atoms with E-state index in [0.717, 1.165) is 5.56 Å². The van der Waals surface area contributed by atoms with Gasteiger partial charge in [-0.05, 0) is 48.9 Å². The maximum atomic E-state index is 11.0. The monoisotopic (exact) mass is 417 g/mol. The van der Waals surface area contributed by atoms with Gasteiger partial charge in [0.25, 0.3) is 0 Å². The molecule has 0 aliphatic carbocycles. The predicted octanol–water partition coefficient (Wildman–Crippen LogP) is 5.45. The number of anilines is 1. The molecule has 0 saturated carbocycles. The van der Waals surface area contributed by atoms with Gasteiger partial charge < -0.3 is 15.2 Å². The quantitative estimate of drug-likeness (QED) is 0.676. The van der Waals surface area contributed by atoms with E-state index >= 15 is 0 Å². The molecule has 8 heteroatoms. The van der Waals surface area contributed by atoms with Crippen LogP contribution in [-0.2, 0) is 9.59 Å². The summed E-state index contributed by atoms with van der Waals surface area (Å²) < 4.78 is 5.00. The van der Waals surface area contributed by atoms with Crippen molar-refractivity contribution >= 4 is 52.4 Å². The largest absolute Gasteiger partial charge is 0.482 e. The Morgan fingerprint density at radius 1 is 1.08 bits per heavy atom. The Hall–Kier alpha value is -1.95. The Labute approximate surface area is 166 Å². The molecule has 2 aromatic rings. The topological polar surface area (TPSA) is 75.6 Å². The Morgan fingerprint density at radius 3 is 2.31 bits per heavy atom. The highest BCUT2D eigenvalue weighted by Crippen LogP contribution is 2.25. The summed E-state index contributed by atoms with van der Waals surface area (Å²) in [6, 6.07) is 10.0. The molecule has 0 radical (unpaired) electrons. The standard InChI is InChI=1S/C9H9Cl2NO.C9H9ClO3/c1-2-9(13)12-6-3-4-7(10)8(11)5-6;1-6-4-7(10)2-3-8(6)13-5-9(11)12/h3-5H,2H2,1H3,(H,12,13);2-4H,5H2,1H3,(H,11,12). The number of amides is 1. The highest BCUT2D eigenvalue weighted by atomic mass is 35.5. The minimum Gasteiger partial charge on any atom is -0.482 e. The summed E-state index contributed by atoms with van der Waals surface area (Å²) in [5, 5.41) is 12.6. The van der Waals surface area contributed by atoms with Gasteiger partial charge in [-0.25, -0.2) is 4.79 Å². The maximum Gasteiger partial charge on any atom is 0.341 e. The van der Waals surface area contributed by atoms with E-state index in [1.54, 1.807) is 43.3 Å². The summed E-state index contributed by atoms with van der Waals surface area (Å²) in [6.45, 7) is 3.26. The van der Waals surface area contributed by atoms with Crippen molar-refractivity contribution in [1.82, 2.24) is 0 Å². The Balaban J connectivity index is 0.000000260. The fourth-order valence-corrected chi connectivity index (χ4v) is 2.26. The number of carboxylic acids is 1. The Morgan fingerprint density at radius 2 is 1.77 bits per heavy atom. The maximum absolute atomic E-state index is 11.0. The van der Waals surface area contributed by atoms with E-state index in [1.165, 1.54) is 0 Å². The van der Waals surface area contributed by atoms with E-state index in [1.807, 2.05) is 6.92 Å². The van der Waals surface area contributed by atoms with Crippen molar-refractivity contribution in [2.24, 2.45) is 0 Å². The number of carbonyl (C=O) groups is 2. The average Bonchev–Trinajstić information content (AvgIpc) is 2.57. The van der Waals surface area contributed by atoms with E-state index < -0.39 is 5.97 Å². The lowest BCUT2D eigenvalue weighted by molar-refractivity contribution is -0.139. The fourth-order valence-electron chi connectivity index (χ4n) is 1.74. The van der Waals surface area contributed by atoms with Crippen molar-refractivity contribution in [3.05, 3.63) is 57.0 Å². The fraction of sp³-hybridized carbons (Fsp3) is 0.222. The summed E-state index contributed by atoms with van der Waals surface area (Å²) in [4.78, 5) is 21.2. The number of hydrogen-bond acceptors (Lipinski definition) is 3. The molecule has 0 aromatic heterocycles. The molecule has 0 bridgehead atoms. The molecule has 2 N–H and O–H groups in total. The summed E-state index contributed by atoms with van der Waals surface area (Å²) in [5.41, 5.74) is 1.50. The molecule has 5 nitrogen and oxygen atoms in total. The molecule has 0 unspecified atom stereocenters. The average molecular weight is 419 g/mol. The van der Waals surface area contributed by atoms with Crippen LogP contribution in [0.5, 0.6) is 5.75 Å². The lowest BCUT2D eigenvalue weighted by Crippen LogP contribution is -2.09. The van der Waals surface area contributed by atoms with E-state index in [4.69, 9.17) is 44.6 Å². The van der Waals surface area contributed by atoms with Crippen LogP contribution in [0.15, 0.2) is 36.4 Å². The van der Waals surface area contributed by atoms with Gasteiger partial charge in [-0.1, -0.05) is 41.7 Å². The summed E-state index contributed by atoms with van der Waals surface area (Å²) in [6.07, 6.45) is 0.445. The minimum atomic E-state index is -0.991. The second-order valence-corrected chi connectivity index (χ2v) is 6.37. The molecule has 0 heterocycles. The van der Waals surface area contributed by atoms with Gasteiger partial charge in [0.1, 0.15) is 5.75 Å². The highest BCUT2D eigenvalue weighted by Gasteiger charge is 2.03. The zero-order valence-electron chi connectivity index (χ0n) is 14.2. The van der Waals surface area contributed by atoms with E-state index in [2.05, 4.69) is 5.32 Å². The van der Waals surface area contributed by atoms with Crippen LogP contribution in [0.25, 0.3) is 0 Å². The first kappa shape index (κ1) is 22.1. The number of hydrogen-bond donors (Lipinski definition) is 2. The van der Waals surface area contributed by atoms with Gasteiger partial charge in [0, 0.05) is 17.1 Å². The van der Waals surface area contributed by atoms with E-state index in [0.29, 0.717) is 32.9 Å². The molecule has 0 saturated heterocycles. The van der Waals surface area contributed by atoms with Gasteiger partial charge in [-0.3, -0.25) is 4.79 Å². The lowest BCUT2D eigenvalue weighted by Gasteiger charge is -2.06. The molecule has 0 fully saturated rings. The second-order valence-electron chi connectivity index (χ2n) is 5.12. The molecule has 26 heavy (non-hydrogen) atoms. The van der Waals surface area contributed by atoms with Gasteiger partial charge in [0.2, 0.25) is 5.91 Å². The third kappa shape index (κ3) is 7.95. The molecule has 1 amide bonds. The molecule has 140 valence electrons. The number of aliphatic carboxylic acids is 1. The Bertz CT molecular complexity index is 781. The number of halogens is 3. The molecule has 0 aliphatic rings. The molecule has 2 rings (SSSR count). The predicted molar refractivity (Wildman–Crippen MR) is 105 cm³/mol. The van der Waals surface area contributed by atoms with Gasteiger partial charge in [-0.2, -0.15) is 0 Å². The van der Waals surface area contributed by atoms with Crippen molar-refractivity contribution in [3.8, 4) is 5.75 Å². The van der Waals surface area contributed by atoms with Gasteiger partial charge in [-0.15, -0.1) is 0 Å². The lowest BCUT2D eigenvalue weighted by atomic mass is 10.2. The summed E-state index contributed by atoms with van der Waals surface area (Å²) >= 11 is 17.2. The van der Waals surface area contributed by atoms with E-state index in [9.17, 15) is 9.59 Å². The normalized spacial score (nSPS) is 9.73. The molecule has 0 aliphatic heterocycles. The minimum absolute atomic E-state index is 0.0432. The van der Waals surface area contributed by atoms with Crippen molar-refractivity contribution in [2.45, 2.75) is 20.3 Å². The van der Waals surface area contributed by atoms with Crippen molar-refractivity contribution < 1.29 is 19.4 Å². The van der Waals surface area contributed by atoms with Crippen LogP contribution in [-0.4, -0.2) is 23.6 Å². The number of benzene rings is 2. The summed E-state index contributed by atoms with van der Waals surface area (Å²) in [5.74, 6) is -0.487. The van der Waals surface area contributed by atoms with Gasteiger partial charge in [0.05, 0.1) is 10.0 Å². The van der Waals surface area contributed by atoms with E-state index in [-0.39, 0.29) is 12.5 Å². The van der Waals surface area contributed by atoms with Crippen LogP contribution >= 0.6 is 34.8 Å². The third-order valence-electron chi connectivity index (χ3n) is 3.01. The zero-order chi connectivity index (χ0) is 19.7. The van der Waals surface area contributed by atoms with Crippen LogP contribution in [0.2, 0.25) is 15.1 Å². The first-order valence-electron chi connectivity index (χ1n) is 7.58. The van der Waals surface area contributed by atoms with Gasteiger partial charge >= 0.3 is 5.97 Å². The second kappa shape index (κ2) is 10.9. The number of nitrogens with one attached hydrogen (secondary N) is 1. The smallest absolute Gasteiger partial charge is 0.341 e. The van der Waals surface area contributed by atoms with Crippen LogP contribution in [0, 0.1) is 6.92 Å². The van der Waals surface area contributed by atoms with Gasteiger partial charge in [0.15, 0.2) is 6.61 Å². The number of carboxylic acid groups (broad SMARTS) is 1. The van der Waals surface area contributed by atoms with Crippen molar-refractivity contribution in [3.63, 3.8) is 0 Å². The molecular weight excluding hydrogens is 401 g/mol. The van der Waals surface area contributed by atoms with Crippen LogP contribution in [0.1, 0.15) is 18.9 Å². The third-order valence-corrected chi connectivity index (χ3v) is 3.99. The molecule has 2 aromatic carbocycles. The summed E-state index contributed by atoms with van der Waals surface area (Å²) in [7, 11) is 0. The first-order chi connectivity index (χ1) is 12.2. The SMILES string of the molecule is CCC(=O)Nc1ccc(Cl)c(Cl)c1.Cc1cc(Cl)ccc1OCC(=O)O. The van der Waals surface area contributed by atoms with Crippen LogP contribution in [0.3, 0.4) is 0 Å². The highest BCUT2D eigenvalue weighted by molar-refractivity contribution is 6.42. The molecular formula is C18H18Cl3NO4. The van der Waals surface area contributed by atoms with Crippen molar-refractivity contribution in [1.29, 1.82) is 0 Å².